The predicted octanol–water partition coefficient (Wildman–Crippen LogP) is 2.74. The third kappa shape index (κ3) is 4.61. The van der Waals surface area contributed by atoms with Crippen molar-refractivity contribution in [3.05, 3.63) is 58.3 Å². The minimum atomic E-state index is -0.260. The summed E-state index contributed by atoms with van der Waals surface area (Å²) >= 11 is 0. The molecule has 3 aromatic rings. The summed E-state index contributed by atoms with van der Waals surface area (Å²) in [6.07, 6.45) is 0.0581. The molecular weight excluding hydrogens is 446 g/mol. The van der Waals surface area contributed by atoms with Crippen molar-refractivity contribution in [2.75, 3.05) is 33.2 Å². The number of carbonyl (C=O) groups excluding carboxylic acids is 2. The van der Waals surface area contributed by atoms with Crippen LogP contribution in [0, 0.1) is 0 Å². The fourth-order valence-electron chi connectivity index (χ4n) is 4.66. The Morgan fingerprint density at radius 1 is 1.03 bits per heavy atom. The number of H-pyrrole nitrogens is 1. The van der Waals surface area contributed by atoms with Crippen LogP contribution >= 0.6 is 0 Å². The van der Waals surface area contributed by atoms with Gasteiger partial charge in [0.25, 0.3) is 11.8 Å². The Morgan fingerprint density at radius 3 is 2.51 bits per heavy atom. The molecule has 5 rings (SSSR count). The zero-order valence-electron chi connectivity index (χ0n) is 20.4. The van der Waals surface area contributed by atoms with Gasteiger partial charge in [0.2, 0.25) is 0 Å². The second-order valence-corrected chi connectivity index (χ2v) is 9.69. The maximum Gasteiger partial charge on any atom is 0.258 e. The van der Waals surface area contributed by atoms with Crippen LogP contribution in [0.5, 0.6) is 5.75 Å². The molecule has 184 valence electrons. The van der Waals surface area contributed by atoms with Crippen LogP contribution in [0.4, 0.5) is 0 Å². The second-order valence-electron chi connectivity index (χ2n) is 9.69. The summed E-state index contributed by atoms with van der Waals surface area (Å²) in [6, 6.07) is 8.88. The van der Waals surface area contributed by atoms with E-state index in [1.165, 1.54) is 6.07 Å². The third-order valence-corrected chi connectivity index (χ3v) is 6.80. The lowest BCUT2D eigenvalue weighted by atomic mass is 10.1. The molecule has 9 heteroatoms. The number of aromatic nitrogens is 2. The van der Waals surface area contributed by atoms with E-state index in [0.29, 0.717) is 30.8 Å². The average molecular weight is 478 g/mol. The normalized spacial score (nSPS) is 16.3. The van der Waals surface area contributed by atoms with Crippen molar-refractivity contribution >= 4 is 22.7 Å². The first-order chi connectivity index (χ1) is 16.8. The van der Waals surface area contributed by atoms with E-state index in [2.05, 4.69) is 22.1 Å². The van der Waals surface area contributed by atoms with Crippen LogP contribution in [0.25, 0.3) is 10.9 Å². The Labute approximate surface area is 204 Å². The van der Waals surface area contributed by atoms with Gasteiger partial charge in [0.1, 0.15) is 5.75 Å². The van der Waals surface area contributed by atoms with Crippen LogP contribution in [0.15, 0.2) is 30.3 Å². The molecular formula is C26H31N5O4. The van der Waals surface area contributed by atoms with E-state index in [4.69, 9.17) is 4.74 Å². The van der Waals surface area contributed by atoms with Crippen molar-refractivity contribution in [2.24, 2.45) is 0 Å². The average Bonchev–Trinajstić information content (AvgIpc) is 3.45. The van der Waals surface area contributed by atoms with Crippen LogP contribution in [0.2, 0.25) is 0 Å². The minimum absolute atomic E-state index is 0.0323. The van der Waals surface area contributed by atoms with Crippen LogP contribution in [-0.4, -0.2) is 81.1 Å². The zero-order chi connectivity index (χ0) is 24.7. The number of nitrogens with zero attached hydrogens (tertiary/aromatic N) is 4. The highest BCUT2D eigenvalue weighted by molar-refractivity contribution is 6.01. The van der Waals surface area contributed by atoms with E-state index in [1.54, 1.807) is 11.0 Å². The highest BCUT2D eigenvalue weighted by atomic mass is 16.5. The number of likely N-dealkylation sites (N-methyl/N-ethyl adjacent to an activating group) is 1. The molecule has 0 radical (unpaired) electrons. The number of amides is 2. The van der Waals surface area contributed by atoms with E-state index in [-0.39, 0.29) is 29.2 Å². The van der Waals surface area contributed by atoms with E-state index in [0.717, 1.165) is 48.4 Å². The summed E-state index contributed by atoms with van der Waals surface area (Å²) in [7, 11) is 2.06. The van der Waals surface area contributed by atoms with Gasteiger partial charge in [-0.15, -0.1) is 0 Å². The fraction of sp³-hybridized carbons (Fsp3) is 0.423. The third-order valence-electron chi connectivity index (χ3n) is 6.80. The Bertz CT molecular complexity index is 1280. The quantitative estimate of drug-likeness (QED) is 0.586. The van der Waals surface area contributed by atoms with Gasteiger partial charge in [0, 0.05) is 56.3 Å². The summed E-state index contributed by atoms with van der Waals surface area (Å²) in [5.74, 6) is -0.332. The number of phenols is 1. The van der Waals surface area contributed by atoms with Crippen LogP contribution in [0.1, 0.15) is 51.4 Å². The fourth-order valence-corrected chi connectivity index (χ4v) is 4.66. The monoisotopic (exact) mass is 477 g/mol. The Balaban J connectivity index is 1.34. The molecule has 1 saturated heterocycles. The number of carbonyl (C=O) groups is 2. The number of fused-ring (bicyclic) bond motifs is 2. The predicted molar refractivity (Wildman–Crippen MR) is 131 cm³/mol. The summed E-state index contributed by atoms with van der Waals surface area (Å²) in [6.45, 7) is 8.25. The molecule has 3 heterocycles. The number of nitrogens with one attached hydrogen (secondary N) is 1. The van der Waals surface area contributed by atoms with Gasteiger partial charge >= 0.3 is 0 Å². The van der Waals surface area contributed by atoms with Gasteiger partial charge < -0.3 is 24.5 Å². The molecule has 1 aromatic heterocycles. The summed E-state index contributed by atoms with van der Waals surface area (Å²) < 4.78 is 5.68. The number of aromatic hydroxyl groups is 1. The SMILES string of the molecule is CC(C)OCc1[nH]nc2cc(O)c(C(=O)N3Cc4ccc(C(=O)N5CCN(C)CC5)cc4C3)cc12. The number of rotatable bonds is 5. The smallest absolute Gasteiger partial charge is 0.258 e. The number of piperazine rings is 1. The summed E-state index contributed by atoms with van der Waals surface area (Å²) in [5.41, 5.74) is 4.21. The molecule has 0 bridgehead atoms. The van der Waals surface area contributed by atoms with Crippen molar-refractivity contribution in [3.8, 4) is 5.75 Å². The van der Waals surface area contributed by atoms with Crippen molar-refractivity contribution in [1.29, 1.82) is 0 Å². The van der Waals surface area contributed by atoms with Gasteiger partial charge in [-0.05, 0) is 50.2 Å². The molecule has 0 aliphatic carbocycles. The number of hydrogen-bond donors (Lipinski definition) is 2. The highest BCUT2D eigenvalue weighted by Crippen LogP contribution is 2.31. The van der Waals surface area contributed by atoms with Gasteiger partial charge in [-0.3, -0.25) is 14.7 Å². The lowest BCUT2D eigenvalue weighted by Crippen LogP contribution is -2.47. The van der Waals surface area contributed by atoms with Crippen molar-refractivity contribution < 1.29 is 19.4 Å². The van der Waals surface area contributed by atoms with Crippen LogP contribution < -0.4 is 0 Å². The maximum absolute atomic E-state index is 13.4. The van der Waals surface area contributed by atoms with Crippen LogP contribution in [0.3, 0.4) is 0 Å². The van der Waals surface area contributed by atoms with Crippen molar-refractivity contribution in [3.63, 3.8) is 0 Å². The molecule has 0 unspecified atom stereocenters. The molecule has 2 N–H and O–H groups in total. The van der Waals surface area contributed by atoms with Crippen molar-refractivity contribution in [2.45, 2.75) is 39.6 Å². The Kier molecular flexibility index (Phi) is 6.21. The van der Waals surface area contributed by atoms with Gasteiger partial charge in [0.15, 0.2) is 0 Å². The molecule has 35 heavy (non-hydrogen) atoms. The molecule has 2 aromatic carbocycles. The molecule has 0 atom stereocenters. The van der Waals surface area contributed by atoms with Crippen molar-refractivity contribution in [1.82, 2.24) is 24.9 Å². The molecule has 1 fully saturated rings. The molecule has 0 saturated carbocycles. The summed E-state index contributed by atoms with van der Waals surface area (Å²) in [4.78, 5) is 32.2. The van der Waals surface area contributed by atoms with Gasteiger partial charge in [0.05, 0.1) is 29.5 Å². The molecule has 0 spiro atoms. The van der Waals surface area contributed by atoms with Gasteiger partial charge in [-0.25, -0.2) is 0 Å². The lowest BCUT2D eigenvalue weighted by molar-refractivity contribution is 0.0641. The molecule has 9 nitrogen and oxygen atoms in total. The van der Waals surface area contributed by atoms with Gasteiger partial charge in [-0.1, -0.05) is 6.07 Å². The van der Waals surface area contributed by atoms with Crippen LogP contribution in [-0.2, 0) is 24.4 Å². The maximum atomic E-state index is 13.4. The highest BCUT2D eigenvalue weighted by Gasteiger charge is 2.28. The van der Waals surface area contributed by atoms with E-state index < -0.39 is 0 Å². The lowest BCUT2D eigenvalue weighted by Gasteiger charge is -2.32. The Hall–Kier alpha value is -3.43. The Morgan fingerprint density at radius 2 is 1.77 bits per heavy atom. The first-order valence-corrected chi connectivity index (χ1v) is 12.0. The standard InChI is InChI=1S/C26H31N5O4/c1-16(2)35-15-23-20-11-21(24(32)12-22(20)27-28-23)26(34)31-13-18-5-4-17(10-19(18)14-31)25(33)30-8-6-29(3)7-9-30/h4-5,10-12,16,32H,6-9,13-15H2,1-3H3,(H,27,28). The van der Waals surface area contributed by atoms with E-state index in [9.17, 15) is 14.7 Å². The number of aromatic amines is 1. The summed E-state index contributed by atoms with van der Waals surface area (Å²) in [5, 5.41) is 18.5. The first-order valence-electron chi connectivity index (χ1n) is 12.0. The molecule has 2 aliphatic heterocycles. The second kappa shape index (κ2) is 9.31. The van der Waals surface area contributed by atoms with E-state index in [1.807, 2.05) is 36.9 Å². The number of hydrogen-bond acceptors (Lipinski definition) is 6. The van der Waals surface area contributed by atoms with Gasteiger partial charge in [-0.2, -0.15) is 5.10 Å². The minimum Gasteiger partial charge on any atom is -0.507 e. The number of phenolic OH excluding ortho intramolecular Hbond substituents is 1. The zero-order valence-corrected chi connectivity index (χ0v) is 20.4. The molecule has 2 amide bonds. The first kappa shape index (κ1) is 23.3. The van der Waals surface area contributed by atoms with E-state index >= 15 is 0 Å². The number of ether oxygens (including phenoxy) is 1. The number of benzene rings is 2. The topological polar surface area (TPSA) is 102 Å². The molecule has 2 aliphatic rings. The largest absolute Gasteiger partial charge is 0.507 e.